The summed E-state index contributed by atoms with van der Waals surface area (Å²) in [5.74, 6) is 1.70. The third-order valence-electron chi connectivity index (χ3n) is 5.50. The van der Waals surface area contributed by atoms with Crippen LogP contribution in [0.5, 0.6) is 5.75 Å². The summed E-state index contributed by atoms with van der Waals surface area (Å²) in [4.78, 5) is 0. The summed E-state index contributed by atoms with van der Waals surface area (Å²) in [6.45, 7) is 11.0. The number of hydrogen-bond acceptors (Lipinski definition) is 4. The van der Waals surface area contributed by atoms with Gasteiger partial charge in [0.05, 0.1) is 13.2 Å². The predicted molar refractivity (Wildman–Crippen MR) is 110 cm³/mol. The van der Waals surface area contributed by atoms with Crippen LogP contribution in [-0.2, 0) is 10.2 Å². The standard InChI is InChI=1S/C21H34N2O2.ClH/c1-21(2,3)17-8-4-5-10-20(17)25-14-12-22-18-9-6-7-16(18)19-15-24-13-11-23-19;/h4-5,8,10,16,18-19,22-23H,6-7,9,11-15H2,1-3H3;1H. The molecule has 1 heterocycles. The second-order valence-corrected chi connectivity index (χ2v) is 8.39. The van der Waals surface area contributed by atoms with Gasteiger partial charge in [0, 0.05) is 25.2 Å². The molecular weight excluding hydrogens is 348 g/mol. The Morgan fingerprint density at radius 2 is 2.04 bits per heavy atom. The highest BCUT2D eigenvalue weighted by Crippen LogP contribution is 2.31. The van der Waals surface area contributed by atoms with Gasteiger partial charge < -0.3 is 20.1 Å². The molecule has 0 spiro atoms. The quantitative estimate of drug-likeness (QED) is 0.738. The Morgan fingerprint density at radius 3 is 2.77 bits per heavy atom. The van der Waals surface area contributed by atoms with Crippen LogP contribution in [0.1, 0.15) is 45.6 Å². The third-order valence-corrected chi connectivity index (χ3v) is 5.50. The van der Waals surface area contributed by atoms with Gasteiger partial charge in [-0.3, -0.25) is 0 Å². The maximum atomic E-state index is 6.10. The fourth-order valence-electron chi connectivity index (χ4n) is 4.20. The zero-order valence-corrected chi connectivity index (χ0v) is 17.2. The highest BCUT2D eigenvalue weighted by atomic mass is 35.5. The van der Waals surface area contributed by atoms with Crippen LogP contribution < -0.4 is 15.4 Å². The lowest BCUT2D eigenvalue weighted by atomic mass is 9.86. The summed E-state index contributed by atoms with van der Waals surface area (Å²) in [6.07, 6.45) is 3.88. The minimum atomic E-state index is 0. The molecule has 2 fully saturated rings. The SMILES string of the molecule is CC(C)(C)c1ccccc1OCCNC1CCCC1C1COCCN1.Cl. The first kappa shape index (κ1) is 21.5. The number of para-hydroxylation sites is 1. The predicted octanol–water partition coefficient (Wildman–Crippen LogP) is 3.53. The Hall–Kier alpha value is -0.810. The van der Waals surface area contributed by atoms with Gasteiger partial charge in [-0.15, -0.1) is 12.4 Å². The van der Waals surface area contributed by atoms with E-state index in [1.807, 2.05) is 0 Å². The second-order valence-electron chi connectivity index (χ2n) is 8.39. The Kier molecular flexibility index (Phi) is 8.21. The number of hydrogen-bond donors (Lipinski definition) is 2. The first-order valence-electron chi connectivity index (χ1n) is 9.82. The number of morpholine rings is 1. The lowest BCUT2D eigenvalue weighted by molar-refractivity contribution is 0.0523. The van der Waals surface area contributed by atoms with Crippen molar-refractivity contribution in [1.29, 1.82) is 0 Å². The normalized spacial score (nSPS) is 26.3. The van der Waals surface area contributed by atoms with Crippen molar-refractivity contribution in [3.63, 3.8) is 0 Å². The summed E-state index contributed by atoms with van der Waals surface area (Å²) in [5, 5.41) is 7.37. The molecule has 2 N–H and O–H groups in total. The van der Waals surface area contributed by atoms with E-state index in [1.54, 1.807) is 0 Å². The first-order valence-corrected chi connectivity index (χ1v) is 9.82. The monoisotopic (exact) mass is 382 g/mol. The summed E-state index contributed by atoms with van der Waals surface area (Å²) in [7, 11) is 0. The van der Waals surface area contributed by atoms with E-state index in [2.05, 4.69) is 55.7 Å². The van der Waals surface area contributed by atoms with Crippen LogP contribution in [0.4, 0.5) is 0 Å². The highest BCUT2D eigenvalue weighted by molar-refractivity contribution is 5.85. The molecule has 5 heteroatoms. The first-order chi connectivity index (χ1) is 12.1. The van der Waals surface area contributed by atoms with Gasteiger partial charge in [-0.2, -0.15) is 0 Å². The van der Waals surface area contributed by atoms with Crippen LogP contribution in [0.25, 0.3) is 0 Å². The molecule has 0 radical (unpaired) electrons. The average molecular weight is 383 g/mol. The van der Waals surface area contributed by atoms with E-state index in [9.17, 15) is 0 Å². The molecular formula is C21H35ClN2O2. The Balaban J connectivity index is 0.00000243. The minimum absolute atomic E-state index is 0. The number of halogens is 1. The van der Waals surface area contributed by atoms with Gasteiger partial charge in [-0.05, 0) is 35.8 Å². The maximum absolute atomic E-state index is 6.10. The fraction of sp³-hybridized carbons (Fsp3) is 0.714. The molecule has 1 aliphatic carbocycles. The van der Waals surface area contributed by atoms with Crippen molar-refractivity contribution in [2.75, 3.05) is 32.9 Å². The molecule has 3 unspecified atom stereocenters. The highest BCUT2D eigenvalue weighted by Gasteiger charge is 2.34. The molecule has 3 atom stereocenters. The van der Waals surface area contributed by atoms with E-state index >= 15 is 0 Å². The van der Waals surface area contributed by atoms with Gasteiger partial charge in [0.15, 0.2) is 0 Å². The zero-order chi connectivity index (χ0) is 17.7. The number of ether oxygens (including phenoxy) is 2. The van der Waals surface area contributed by atoms with Crippen molar-refractivity contribution in [2.45, 2.75) is 57.5 Å². The van der Waals surface area contributed by atoms with Gasteiger partial charge in [0.2, 0.25) is 0 Å². The molecule has 1 saturated heterocycles. The van der Waals surface area contributed by atoms with Crippen LogP contribution in [0.3, 0.4) is 0 Å². The molecule has 3 rings (SSSR count). The molecule has 2 aliphatic rings. The molecule has 26 heavy (non-hydrogen) atoms. The molecule has 1 aromatic rings. The molecule has 0 bridgehead atoms. The fourth-order valence-corrected chi connectivity index (χ4v) is 4.20. The minimum Gasteiger partial charge on any atom is -0.492 e. The van der Waals surface area contributed by atoms with Gasteiger partial charge in [0.1, 0.15) is 12.4 Å². The van der Waals surface area contributed by atoms with Crippen molar-refractivity contribution in [3.05, 3.63) is 29.8 Å². The molecule has 4 nitrogen and oxygen atoms in total. The van der Waals surface area contributed by atoms with E-state index in [0.717, 1.165) is 32.1 Å². The van der Waals surface area contributed by atoms with Gasteiger partial charge in [-0.1, -0.05) is 45.4 Å². The van der Waals surface area contributed by atoms with E-state index in [1.165, 1.54) is 24.8 Å². The maximum Gasteiger partial charge on any atom is 0.123 e. The molecule has 1 aliphatic heterocycles. The average Bonchev–Trinajstić information content (AvgIpc) is 3.07. The van der Waals surface area contributed by atoms with Crippen molar-refractivity contribution < 1.29 is 9.47 Å². The van der Waals surface area contributed by atoms with Gasteiger partial charge in [-0.25, -0.2) is 0 Å². The van der Waals surface area contributed by atoms with Crippen LogP contribution in [0, 0.1) is 5.92 Å². The number of benzene rings is 1. The molecule has 0 amide bonds. The Bertz CT molecular complexity index is 541. The molecule has 1 aromatic carbocycles. The second kappa shape index (κ2) is 9.93. The lowest BCUT2D eigenvalue weighted by Gasteiger charge is -2.33. The summed E-state index contributed by atoms with van der Waals surface area (Å²) < 4.78 is 11.8. The van der Waals surface area contributed by atoms with Crippen molar-refractivity contribution in [2.24, 2.45) is 5.92 Å². The van der Waals surface area contributed by atoms with Gasteiger partial charge in [0.25, 0.3) is 0 Å². The van der Waals surface area contributed by atoms with Crippen LogP contribution in [0.2, 0.25) is 0 Å². The zero-order valence-electron chi connectivity index (χ0n) is 16.4. The molecule has 148 valence electrons. The summed E-state index contributed by atoms with van der Waals surface area (Å²) in [5.41, 5.74) is 1.38. The molecule has 1 saturated carbocycles. The topological polar surface area (TPSA) is 42.5 Å². The Morgan fingerprint density at radius 1 is 1.23 bits per heavy atom. The Labute approximate surface area is 164 Å². The molecule has 0 aromatic heterocycles. The van der Waals surface area contributed by atoms with E-state index in [4.69, 9.17) is 9.47 Å². The van der Waals surface area contributed by atoms with Crippen molar-refractivity contribution in [1.82, 2.24) is 10.6 Å². The van der Waals surface area contributed by atoms with Crippen molar-refractivity contribution in [3.8, 4) is 5.75 Å². The van der Waals surface area contributed by atoms with Gasteiger partial charge >= 0.3 is 0 Å². The van der Waals surface area contributed by atoms with E-state index in [0.29, 0.717) is 24.6 Å². The van der Waals surface area contributed by atoms with Crippen LogP contribution >= 0.6 is 12.4 Å². The lowest BCUT2D eigenvalue weighted by Crippen LogP contribution is -2.51. The number of nitrogens with one attached hydrogen (secondary N) is 2. The van der Waals surface area contributed by atoms with Crippen LogP contribution in [0.15, 0.2) is 24.3 Å². The van der Waals surface area contributed by atoms with Crippen molar-refractivity contribution >= 4 is 12.4 Å². The summed E-state index contributed by atoms with van der Waals surface area (Å²) in [6, 6.07) is 9.50. The summed E-state index contributed by atoms with van der Waals surface area (Å²) >= 11 is 0. The largest absolute Gasteiger partial charge is 0.492 e. The van der Waals surface area contributed by atoms with E-state index < -0.39 is 0 Å². The number of rotatable bonds is 6. The van der Waals surface area contributed by atoms with Crippen LogP contribution in [-0.4, -0.2) is 45.0 Å². The third kappa shape index (κ3) is 5.59. The van der Waals surface area contributed by atoms with E-state index in [-0.39, 0.29) is 17.8 Å². The smallest absolute Gasteiger partial charge is 0.123 e.